The molecule has 0 aromatic heterocycles. The third-order valence-corrected chi connectivity index (χ3v) is 2.85. The molecule has 0 aliphatic carbocycles. The van der Waals surface area contributed by atoms with Gasteiger partial charge in [-0.1, -0.05) is 19.1 Å². The summed E-state index contributed by atoms with van der Waals surface area (Å²) in [4.78, 5) is 13.5. The molecule has 1 aromatic carbocycles. The van der Waals surface area contributed by atoms with Gasteiger partial charge in [0.25, 0.3) is 0 Å². The number of hydrogen-bond acceptors (Lipinski definition) is 3. The molecule has 1 saturated heterocycles. The highest BCUT2D eigenvalue weighted by Crippen LogP contribution is 2.28. The molecule has 1 fully saturated rings. The fourth-order valence-corrected chi connectivity index (χ4v) is 1.79. The zero-order valence-corrected chi connectivity index (χ0v) is 9.77. The molecule has 16 heavy (non-hydrogen) atoms. The van der Waals surface area contributed by atoms with Crippen LogP contribution >= 0.6 is 0 Å². The Morgan fingerprint density at radius 3 is 2.62 bits per heavy atom. The lowest BCUT2D eigenvalue weighted by molar-refractivity contribution is -0.142. The molecule has 1 unspecified atom stereocenters. The van der Waals surface area contributed by atoms with Crippen molar-refractivity contribution in [3.8, 4) is 0 Å². The van der Waals surface area contributed by atoms with Gasteiger partial charge >= 0.3 is 5.97 Å². The quantitative estimate of drug-likeness (QED) is 0.573. The van der Waals surface area contributed by atoms with E-state index in [0.29, 0.717) is 6.61 Å². The Morgan fingerprint density at radius 1 is 1.38 bits per heavy atom. The number of aryl methyl sites for hydroxylation is 1. The van der Waals surface area contributed by atoms with Crippen LogP contribution in [0.3, 0.4) is 0 Å². The van der Waals surface area contributed by atoms with E-state index in [1.54, 1.807) is 0 Å². The lowest BCUT2D eigenvalue weighted by atomic mass is 10.1. The van der Waals surface area contributed by atoms with Gasteiger partial charge in [0.1, 0.15) is 6.04 Å². The summed E-state index contributed by atoms with van der Waals surface area (Å²) in [7, 11) is 0. The van der Waals surface area contributed by atoms with Gasteiger partial charge in [0.05, 0.1) is 13.2 Å². The summed E-state index contributed by atoms with van der Waals surface area (Å²) in [5.41, 5.74) is 2.42. The first-order valence-corrected chi connectivity index (χ1v) is 5.78. The van der Waals surface area contributed by atoms with E-state index < -0.39 is 0 Å². The second-order valence-corrected chi connectivity index (χ2v) is 3.94. The molecular formula is C13H17NO2. The van der Waals surface area contributed by atoms with Crippen LogP contribution < -0.4 is 4.90 Å². The topological polar surface area (TPSA) is 29.3 Å². The molecule has 3 nitrogen and oxygen atoms in total. The highest BCUT2D eigenvalue weighted by Gasteiger charge is 2.41. The molecule has 1 aliphatic rings. The first-order chi connectivity index (χ1) is 7.76. The summed E-state index contributed by atoms with van der Waals surface area (Å²) in [6.45, 7) is 5.21. The number of anilines is 1. The van der Waals surface area contributed by atoms with Gasteiger partial charge < -0.3 is 9.64 Å². The van der Waals surface area contributed by atoms with Crippen molar-refractivity contribution in [1.82, 2.24) is 0 Å². The molecule has 0 bridgehead atoms. The number of benzene rings is 1. The number of ether oxygens (including phenoxy) is 1. The average molecular weight is 219 g/mol. The van der Waals surface area contributed by atoms with E-state index in [1.807, 2.05) is 6.92 Å². The van der Waals surface area contributed by atoms with Crippen molar-refractivity contribution in [2.75, 3.05) is 18.1 Å². The number of carbonyl (C=O) groups excluding carboxylic acids is 1. The molecule has 0 radical (unpaired) electrons. The van der Waals surface area contributed by atoms with Crippen LogP contribution in [0.25, 0.3) is 0 Å². The van der Waals surface area contributed by atoms with Crippen LogP contribution in [0.2, 0.25) is 0 Å². The number of nitrogens with zero attached hydrogens (tertiary/aromatic N) is 1. The normalized spacial score (nSPS) is 18.4. The lowest BCUT2D eigenvalue weighted by Gasteiger charge is -2.06. The van der Waals surface area contributed by atoms with E-state index in [2.05, 4.69) is 36.1 Å². The van der Waals surface area contributed by atoms with Gasteiger partial charge in [0, 0.05) is 5.69 Å². The zero-order valence-electron chi connectivity index (χ0n) is 9.77. The molecule has 1 aliphatic heterocycles. The maximum atomic E-state index is 11.4. The zero-order chi connectivity index (χ0) is 11.5. The summed E-state index contributed by atoms with van der Waals surface area (Å²) < 4.78 is 4.98. The molecule has 0 amide bonds. The molecule has 1 heterocycles. The van der Waals surface area contributed by atoms with Crippen molar-refractivity contribution in [1.29, 1.82) is 0 Å². The molecule has 86 valence electrons. The minimum Gasteiger partial charge on any atom is -0.464 e. The van der Waals surface area contributed by atoms with Crippen molar-refractivity contribution in [3.63, 3.8) is 0 Å². The summed E-state index contributed by atoms with van der Waals surface area (Å²) in [5.74, 6) is -0.109. The van der Waals surface area contributed by atoms with Crippen molar-refractivity contribution in [2.45, 2.75) is 26.3 Å². The van der Waals surface area contributed by atoms with Crippen LogP contribution in [0.15, 0.2) is 24.3 Å². The predicted molar refractivity (Wildman–Crippen MR) is 63.6 cm³/mol. The Balaban J connectivity index is 1.97. The van der Waals surface area contributed by atoms with Crippen molar-refractivity contribution in [2.24, 2.45) is 0 Å². The summed E-state index contributed by atoms with van der Waals surface area (Å²) in [5, 5.41) is 0. The summed E-state index contributed by atoms with van der Waals surface area (Å²) in [6.07, 6.45) is 1.04. The smallest absolute Gasteiger partial charge is 0.330 e. The summed E-state index contributed by atoms with van der Waals surface area (Å²) in [6, 6.07) is 8.29. The molecule has 1 aromatic rings. The third-order valence-electron chi connectivity index (χ3n) is 2.85. The maximum Gasteiger partial charge on any atom is 0.330 e. The number of hydrogen-bond donors (Lipinski definition) is 0. The van der Waals surface area contributed by atoms with Crippen LogP contribution in [-0.2, 0) is 16.0 Å². The van der Waals surface area contributed by atoms with Gasteiger partial charge in [-0.15, -0.1) is 0 Å². The van der Waals surface area contributed by atoms with Crippen LogP contribution in [-0.4, -0.2) is 25.2 Å². The Morgan fingerprint density at radius 2 is 2.06 bits per heavy atom. The molecular weight excluding hydrogens is 202 g/mol. The third kappa shape index (κ3) is 2.18. The average Bonchev–Trinajstić information content (AvgIpc) is 3.09. The monoisotopic (exact) mass is 219 g/mol. The van der Waals surface area contributed by atoms with E-state index in [1.165, 1.54) is 5.56 Å². The Hall–Kier alpha value is -1.51. The van der Waals surface area contributed by atoms with Crippen LogP contribution in [0, 0.1) is 0 Å². The van der Waals surface area contributed by atoms with Crippen LogP contribution in [0.4, 0.5) is 5.69 Å². The van der Waals surface area contributed by atoms with Crippen LogP contribution in [0.1, 0.15) is 19.4 Å². The Labute approximate surface area is 96.0 Å². The fraction of sp³-hybridized carbons (Fsp3) is 0.462. The number of carbonyl (C=O) groups is 1. The van der Waals surface area contributed by atoms with Gasteiger partial charge in [-0.3, -0.25) is 0 Å². The molecule has 2 rings (SSSR count). The van der Waals surface area contributed by atoms with Crippen molar-refractivity contribution < 1.29 is 9.53 Å². The van der Waals surface area contributed by atoms with E-state index >= 15 is 0 Å². The SMILES string of the molecule is CCOC(=O)C1CN1c1ccc(CC)cc1. The first-order valence-electron chi connectivity index (χ1n) is 5.78. The Kier molecular flexibility index (Phi) is 3.13. The van der Waals surface area contributed by atoms with Gasteiger partial charge in [-0.05, 0) is 31.0 Å². The first kappa shape index (κ1) is 11.0. The second-order valence-electron chi connectivity index (χ2n) is 3.94. The van der Waals surface area contributed by atoms with E-state index in [9.17, 15) is 4.79 Å². The number of rotatable bonds is 4. The van der Waals surface area contributed by atoms with E-state index in [-0.39, 0.29) is 12.0 Å². The lowest BCUT2D eigenvalue weighted by Crippen LogP contribution is -2.15. The second kappa shape index (κ2) is 4.56. The molecule has 3 heteroatoms. The van der Waals surface area contributed by atoms with Gasteiger partial charge in [-0.2, -0.15) is 0 Å². The summed E-state index contributed by atoms with van der Waals surface area (Å²) >= 11 is 0. The van der Waals surface area contributed by atoms with E-state index in [0.717, 1.165) is 18.7 Å². The largest absolute Gasteiger partial charge is 0.464 e. The van der Waals surface area contributed by atoms with Crippen LogP contribution in [0.5, 0.6) is 0 Å². The molecule has 0 saturated carbocycles. The highest BCUT2D eigenvalue weighted by molar-refractivity contribution is 5.86. The van der Waals surface area contributed by atoms with Gasteiger partial charge in [0.15, 0.2) is 0 Å². The molecule has 0 spiro atoms. The van der Waals surface area contributed by atoms with Gasteiger partial charge in [-0.25, -0.2) is 4.79 Å². The Bertz CT molecular complexity index is 372. The fourth-order valence-electron chi connectivity index (χ4n) is 1.79. The van der Waals surface area contributed by atoms with Gasteiger partial charge in [0.2, 0.25) is 0 Å². The van der Waals surface area contributed by atoms with E-state index in [4.69, 9.17) is 4.74 Å². The maximum absolute atomic E-state index is 11.4. The predicted octanol–water partition coefficient (Wildman–Crippen LogP) is 2.00. The molecule has 1 atom stereocenters. The van der Waals surface area contributed by atoms with Crippen molar-refractivity contribution >= 4 is 11.7 Å². The van der Waals surface area contributed by atoms with Crippen molar-refractivity contribution in [3.05, 3.63) is 29.8 Å². The highest BCUT2D eigenvalue weighted by atomic mass is 16.5. The molecule has 0 N–H and O–H groups in total. The standard InChI is InChI=1S/C13H17NO2/c1-3-10-5-7-11(8-6-10)14-9-12(14)13(15)16-4-2/h5-8,12H,3-4,9H2,1-2H3. The number of esters is 1. The minimum absolute atomic E-state index is 0.0626. The minimum atomic E-state index is -0.109.